The van der Waals surface area contributed by atoms with E-state index >= 15 is 0 Å². The van der Waals surface area contributed by atoms with Crippen LogP contribution >= 0.6 is 0 Å². The molecule has 2 aromatic carbocycles. The first-order valence-electron chi connectivity index (χ1n) is 8.65. The molecule has 0 spiro atoms. The lowest BCUT2D eigenvalue weighted by Crippen LogP contribution is -2.52. The molecule has 0 aliphatic carbocycles. The van der Waals surface area contributed by atoms with Crippen LogP contribution in [0, 0.1) is 5.82 Å². The maximum atomic E-state index is 13.3. The molecule has 28 heavy (non-hydrogen) atoms. The SMILES string of the molecule is COc1ccc(C(=O)N2CCNC(=O)[C@H]2c2ccc(F)cc2)c(OC)c1OC. The van der Waals surface area contributed by atoms with Crippen LogP contribution in [0.3, 0.4) is 0 Å². The topological polar surface area (TPSA) is 77.1 Å². The van der Waals surface area contributed by atoms with Crippen LogP contribution < -0.4 is 19.5 Å². The van der Waals surface area contributed by atoms with E-state index in [9.17, 15) is 14.0 Å². The van der Waals surface area contributed by atoms with Crippen LogP contribution in [-0.4, -0.2) is 51.1 Å². The third-order valence-electron chi connectivity index (χ3n) is 4.59. The number of nitrogens with one attached hydrogen (secondary N) is 1. The zero-order valence-corrected chi connectivity index (χ0v) is 15.8. The molecular weight excluding hydrogens is 367 g/mol. The van der Waals surface area contributed by atoms with Crippen LogP contribution in [0.1, 0.15) is 22.0 Å². The maximum Gasteiger partial charge on any atom is 0.258 e. The first kappa shape index (κ1) is 19.5. The first-order chi connectivity index (χ1) is 13.5. The highest BCUT2D eigenvalue weighted by Crippen LogP contribution is 2.41. The Morgan fingerprint density at radius 1 is 1.04 bits per heavy atom. The maximum absolute atomic E-state index is 13.3. The Hall–Kier alpha value is -3.29. The number of carbonyl (C=O) groups excluding carboxylic acids is 2. The molecule has 0 saturated carbocycles. The molecule has 1 fully saturated rings. The number of rotatable bonds is 5. The molecule has 1 heterocycles. The summed E-state index contributed by atoms with van der Waals surface area (Å²) in [5.41, 5.74) is 0.758. The van der Waals surface area contributed by atoms with Crippen molar-refractivity contribution >= 4 is 11.8 Å². The molecule has 0 radical (unpaired) electrons. The Morgan fingerprint density at radius 2 is 1.71 bits per heavy atom. The van der Waals surface area contributed by atoms with Crippen molar-refractivity contribution in [3.8, 4) is 17.2 Å². The fraction of sp³-hybridized carbons (Fsp3) is 0.300. The van der Waals surface area contributed by atoms with Crippen molar-refractivity contribution in [2.24, 2.45) is 0 Å². The predicted octanol–water partition coefficient (Wildman–Crippen LogP) is 2.16. The first-order valence-corrected chi connectivity index (χ1v) is 8.65. The fourth-order valence-corrected chi connectivity index (χ4v) is 3.29. The molecule has 7 nitrogen and oxygen atoms in total. The molecule has 8 heteroatoms. The molecule has 1 saturated heterocycles. The minimum atomic E-state index is -0.875. The zero-order valence-electron chi connectivity index (χ0n) is 15.8. The van der Waals surface area contributed by atoms with Gasteiger partial charge >= 0.3 is 0 Å². The minimum absolute atomic E-state index is 0.218. The summed E-state index contributed by atoms with van der Waals surface area (Å²) in [6.07, 6.45) is 0. The second kappa shape index (κ2) is 8.16. The summed E-state index contributed by atoms with van der Waals surface area (Å²) in [5, 5.41) is 2.75. The Morgan fingerprint density at radius 3 is 2.32 bits per heavy atom. The average molecular weight is 388 g/mol. The van der Waals surface area contributed by atoms with Crippen LogP contribution in [0.4, 0.5) is 4.39 Å². The van der Waals surface area contributed by atoms with E-state index in [1.54, 1.807) is 12.1 Å². The number of halogens is 1. The number of nitrogens with zero attached hydrogens (tertiary/aromatic N) is 1. The van der Waals surface area contributed by atoms with E-state index in [1.807, 2.05) is 0 Å². The van der Waals surface area contributed by atoms with Gasteiger partial charge in [-0.2, -0.15) is 0 Å². The Bertz CT molecular complexity index is 885. The second-order valence-electron chi connectivity index (χ2n) is 6.13. The Kier molecular flexibility index (Phi) is 5.67. The Balaban J connectivity index is 2.04. The van der Waals surface area contributed by atoms with Gasteiger partial charge in [-0.25, -0.2) is 4.39 Å². The summed E-state index contributed by atoms with van der Waals surface area (Å²) in [6, 6.07) is 7.81. The highest BCUT2D eigenvalue weighted by atomic mass is 19.1. The summed E-state index contributed by atoms with van der Waals surface area (Å²) in [5.74, 6) is -0.222. The highest BCUT2D eigenvalue weighted by Gasteiger charge is 2.36. The van der Waals surface area contributed by atoms with Gasteiger partial charge in [-0.3, -0.25) is 9.59 Å². The molecule has 3 rings (SSSR count). The van der Waals surface area contributed by atoms with E-state index < -0.39 is 17.8 Å². The van der Waals surface area contributed by atoms with Crippen LogP contribution in [0.5, 0.6) is 17.2 Å². The zero-order chi connectivity index (χ0) is 20.3. The van der Waals surface area contributed by atoms with Gasteiger partial charge in [0, 0.05) is 13.1 Å². The summed E-state index contributed by atoms with van der Waals surface area (Å²) < 4.78 is 29.3. The number of methoxy groups -OCH3 is 3. The molecule has 1 N–H and O–H groups in total. The number of ether oxygens (including phenoxy) is 3. The molecule has 2 aromatic rings. The largest absolute Gasteiger partial charge is 0.493 e. The second-order valence-corrected chi connectivity index (χ2v) is 6.13. The smallest absolute Gasteiger partial charge is 0.258 e. The third kappa shape index (κ3) is 3.45. The van der Waals surface area contributed by atoms with Gasteiger partial charge in [0.2, 0.25) is 11.7 Å². The minimum Gasteiger partial charge on any atom is -0.493 e. The van der Waals surface area contributed by atoms with Crippen LogP contribution in [0.15, 0.2) is 36.4 Å². The number of carbonyl (C=O) groups is 2. The number of hydrogen-bond acceptors (Lipinski definition) is 5. The number of amides is 2. The van der Waals surface area contributed by atoms with Gasteiger partial charge in [-0.15, -0.1) is 0 Å². The van der Waals surface area contributed by atoms with Crippen molar-refractivity contribution in [1.29, 1.82) is 0 Å². The number of piperazine rings is 1. The van der Waals surface area contributed by atoms with Gasteiger partial charge in [0.25, 0.3) is 5.91 Å². The monoisotopic (exact) mass is 388 g/mol. The lowest BCUT2D eigenvalue weighted by molar-refractivity contribution is -0.128. The Labute approximate surface area is 162 Å². The predicted molar refractivity (Wildman–Crippen MR) is 99.3 cm³/mol. The molecular formula is C20H21FN2O5. The van der Waals surface area contributed by atoms with Crippen molar-refractivity contribution in [3.63, 3.8) is 0 Å². The number of benzene rings is 2. The van der Waals surface area contributed by atoms with Crippen LogP contribution in [0.25, 0.3) is 0 Å². The van der Waals surface area contributed by atoms with E-state index in [2.05, 4.69) is 5.32 Å². The van der Waals surface area contributed by atoms with Gasteiger partial charge in [-0.1, -0.05) is 12.1 Å². The fourth-order valence-electron chi connectivity index (χ4n) is 3.29. The number of hydrogen-bond donors (Lipinski definition) is 1. The summed E-state index contributed by atoms with van der Waals surface area (Å²) in [4.78, 5) is 27.3. The van der Waals surface area contributed by atoms with E-state index in [0.29, 0.717) is 24.4 Å². The van der Waals surface area contributed by atoms with Gasteiger partial charge < -0.3 is 24.4 Å². The summed E-state index contributed by atoms with van der Waals surface area (Å²) in [7, 11) is 4.36. The molecule has 1 atom stereocenters. The standard InChI is InChI=1S/C20H21FN2O5/c1-26-15-9-8-14(17(27-2)18(15)28-3)20(25)23-11-10-22-19(24)16(23)12-4-6-13(21)7-5-12/h4-9,16H,10-11H2,1-3H3,(H,22,24)/t16-/m1/s1. The van der Waals surface area contributed by atoms with E-state index in [0.717, 1.165) is 0 Å². The van der Waals surface area contributed by atoms with Crippen molar-refractivity contribution in [2.75, 3.05) is 34.4 Å². The van der Waals surface area contributed by atoms with Gasteiger partial charge in [0.15, 0.2) is 11.5 Å². The molecule has 1 aliphatic heterocycles. The van der Waals surface area contributed by atoms with Gasteiger partial charge in [-0.05, 0) is 29.8 Å². The molecule has 2 amide bonds. The van der Waals surface area contributed by atoms with Crippen molar-refractivity contribution in [3.05, 3.63) is 53.3 Å². The molecule has 0 bridgehead atoms. The van der Waals surface area contributed by atoms with Gasteiger partial charge in [0.1, 0.15) is 11.9 Å². The van der Waals surface area contributed by atoms with Crippen molar-refractivity contribution in [1.82, 2.24) is 10.2 Å². The van der Waals surface area contributed by atoms with E-state index in [-0.39, 0.29) is 23.0 Å². The van der Waals surface area contributed by atoms with E-state index in [1.165, 1.54) is 50.5 Å². The van der Waals surface area contributed by atoms with Crippen molar-refractivity contribution < 1.29 is 28.2 Å². The lowest BCUT2D eigenvalue weighted by Gasteiger charge is -2.35. The summed E-state index contributed by atoms with van der Waals surface area (Å²) in [6.45, 7) is 0.613. The highest BCUT2D eigenvalue weighted by molar-refractivity contribution is 6.01. The normalized spacial score (nSPS) is 16.4. The van der Waals surface area contributed by atoms with E-state index in [4.69, 9.17) is 14.2 Å². The summed E-state index contributed by atoms with van der Waals surface area (Å²) >= 11 is 0. The van der Waals surface area contributed by atoms with Crippen molar-refractivity contribution in [2.45, 2.75) is 6.04 Å². The molecule has 0 unspecified atom stereocenters. The van der Waals surface area contributed by atoms with Gasteiger partial charge in [0.05, 0.1) is 26.9 Å². The van der Waals surface area contributed by atoms with Crippen LogP contribution in [0.2, 0.25) is 0 Å². The molecule has 1 aliphatic rings. The third-order valence-corrected chi connectivity index (χ3v) is 4.59. The lowest BCUT2D eigenvalue weighted by atomic mass is 10.0. The quantitative estimate of drug-likeness (QED) is 0.850. The molecule has 148 valence electrons. The average Bonchev–Trinajstić information content (AvgIpc) is 2.72. The molecule has 0 aromatic heterocycles. The van der Waals surface area contributed by atoms with Crippen LogP contribution in [-0.2, 0) is 4.79 Å².